The van der Waals surface area contributed by atoms with Gasteiger partial charge in [0.15, 0.2) is 0 Å². The van der Waals surface area contributed by atoms with Gasteiger partial charge in [-0.25, -0.2) is 0 Å². The summed E-state index contributed by atoms with van der Waals surface area (Å²) < 4.78 is 33.0. The summed E-state index contributed by atoms with van der Waals surface area (Å²) in [6, 6.07) is 6.55. The van der Waals surface area contributed by atoms with Gasteiger partial charge in [0.25, 0.3) is 0 Å². The highest BCUT2D eigenvalue weighted by Crippen LogP contribution is 2.18. The van der Waals surface area contributed by atoms with Crippen molar-refractivity contribution in [3.63, 3.8) is 0 Å². The fourth-order valence-electron chi connectivity index (χ4n) is 2.24. The Hall–Kier alpha value is -2.09. The van der Waals surface area contributed by atoms with Crippen LogP contribution in [0.15, 0.2) is 24.3 Å². The number of amides is 1. The molecular weight excluding hydrogens is 358 g/mol. The molecule has 26 heavy (non-hydrogen) atoms. The van der Waals surface area contributed by atoms with Crippen molar-refractivity contribution < 1.29 is 26.9 Å². The second kappa shape index (κ2) is 10.2. The van der Waals surface area contributed by atoms with Crippen LogP contribution in [0, 0.1) is 0 Å². The highest BCUT2D eigenvalue weighted by Gasteiger charge is 2.19. The summed E-state index contributed by atoms with van der Waals surface area (Å²) in [5, 5.41) is 0. The maximum atomic E-state index is 12.4. The second-order valence-electron chi connectivity index (χ2n) is 6.00. The van der Waals surface area contributed by atoms with Crippen LogP contribution in [0.3, 0.4) is 0 Å². The van der Waals surface area contributed by atoms with Gasteiger partial charge in [-0.2, -0.15) is 8.42 Å². The molecule has 0 unspecified atom stereocenters. The first-order valence-corrected chi connectivity index (χ1v) is 10.2. The molecule has 0 spiro atoms. The van der Waals surface area contributed by atoms with Crippen LogP contribution >= 0.6 is 0 Å². The Bertz CT molecular complexity index is 714. The van der Waals surface area contributed by atoms with Gasteiger partial charge in [0.05, 0.1) is 18.8 Å². The zero-order chi connectivity index (χ0) is 19.7. The lowest BCUT2D eigenvalue weighted by atomic mass is 10.1. The van der Waals surface area contributed by atoms with Crippen molar-refractivity contribution in [1.29, 1.82) is 0 Å². The van der Waals surface area contributed by atoms with E-state index in [0.29, 0.717) is 6.54 Å². The maximum absolute atomic E-state index is 12.4. The number of hydrogen-bond donors (Lipinski definition) is 0. The van der Waals surface area contributed by atoms with Gasteiger partial charge in [0.2, 0.25) is 5.91 Å². The van der Waals surface area contributed by atoms with E-state index in [9.17, 15) is 18.0 Å². The molecule has 0 saturated heterocycles. The van der Waals surface area contributed by atoms with Crippen LogP contribution in [0.4, 0.5) is 0 Å². The molecule has 0 heterocycles. The van der Waals surface area contributed by atoms with Crippen LogP contribution in [-0.2, 0) is 31.0 Å². The van der Waals surface area contributed by atoms with Crippen molar-refractivity contribution in [1.82, 2.24) is 4.90 Å². The zero-order valence-electron chi connectivity index (χ0n) is 15.7. The third-order valence-corrected chi connectivity index (χ3v) is 4.77. The van der Waals surface area contributed by atoms with Gasteiger partial charge >= 0.3 is 16.1 Å². The van der Waals surface area contributed by atoms with Crippen LogP contribution in [0.1, 0.15) is 46.1 Å². The first-order chi connectivity index (χ1) is 12.2. The number of carbonyl (C=O) groups excluding carboxylic acids is 2. The van der Waals surface area contributed by atoms with Crippen molar-refractivity contribution in [3.8, 4) is 5.75 Å². The minimum Gasteiger partial charge on any atom is -0.466 e. The SMILES string of the molecule is CCOC(=O)CCC(=O)N(Cc1cccc(OS(=O)(=O)CC)c1)C(C)C. The van der Waals surface area contributed by atoms with Crippen LogP contribution in [-0.4, -0.2) is 43.6 Å². The number of rotatable bonds is 10. The largest absolute Gasteiger partial charge is 0.466 e. The molecule has 146 valence electrons. The number of benzene rings is 1. The molecular formula is C18H27NO6S. The molecule has 0 bridgehead atoms. The van der Waals surface area contributed by atoms with Crippen LogP contribution in [0.2, 0.25) is 0 Å². The summed E-state index contributed by atoms with van der Waals surface area (Å²) in [5.41, 5.74) is 0.743. The molecule has 0 fully saturated rings. The van der Waals surface area contributed by atoms with E-state index < -0.39 is 16.1 Å². The Labute approximate surface area is 155 Å². The van der Waals surface area contributed by atoms with Crippen LogP contribution in [0.5, 0.6) is 5.75 Å². The normalized spacial score (nSPS) is 11.3. The number of hydrogen-bond acceptors (Lipinski definition) is 6. The van der Waals surface area contributed by atoms with E-state index in [1.807, 2.05) is 13.8 Å². The van der Waals surface area contributed by atoms with E-state index in [0.717, 1.165) is 5.56 Å². The molecule has 0 saturated carbocycles. The first kappa shape index (κ1) is 22.0. The molecule has 0 aliphatic carbocycles. The molecule has 1 rings (SSSR count). The Balaban J connectivity index is 2.81. The van der Waals surface area contributed by atoms with E-state index in [2.05, 4.69) is 0 Å². The lowest BCUT2D eigenvalue weighted by Crippen LogP contribution is -2.36. The summed E-state index contributed by atoms with van der Waals surface area (Å²) in [7, 11) is -3.61. The van der Waals surface area contributed by atoms with E-state index in [-0.39, 0.29) is 42.9 Å². The van der Waals surface area contributed by atoms with Crippen LogP contribution in [0.25, 0.3) is 0 Å². The number of nitrogens with zero attached hydrogens (tertiary/aromatic N) is 1. The van der Waals surface area contributed by atoms with Crippen molar-refractivity contribution in [3.05, 3.63) is 29.8 Å². The second-order valence-corrected chi connectivity index (χ2v) is 7.86. The first-order valence-electron chi connectivity index (χ1n) is 8.64. The van der Waals surface area contributed by atoms with Crippen molar-refractivity contribution in [2.45, 2.75) is 53.1 Å². The standard InChI is InChI=1S/C18H27NO6S/c1-5-24-18(21)11-10-17(20)19(14(3)4)13-15-8-7-9-16(12-15)25-26(22,23)6-2/h7-9,12,14H,5-6,10-11,13H2,1-4H3. The Morgan fingerprint density at radius 3 is 2.42 bits per heavy atom. The topological polar surface area (TPSA) is 90.0 Å². The van der Waals surface area contributed by atoms with Gasteiger partial charge in [-0.05, 0) is 45.4 Å². The fraction of sp³-hybridized carbons (Fsp3) is 0.556. The predicted molar refractivity (Wildman–Crippen MR) is 98.1 cm³/mol. The number of esters is 1. The van der Waals surface area contributed by atoms with E-state index in [4.69, 9.17) is 8.92 Å². The molecule has 7 nitrogen and oxygen atoms in total. The summed E-state index contributed by atoms with van der Waals surface area (Å²) in [6.07, 6.45) is 0.102. The molecule has 1 amide bonds. The van der Waals surface area contributed by atoms with Crippen molar-refractivity contribution in [2.75, 3.05) is 12.4 Å². The molecule has 0 aliphatic heterocycles. The van der Waals surface area contributed by atoms with Gasteiger partial charge in [-0.15, -0.1) is 0 Å². The summed E-state index contributed by atoms with van der Waals surface area (Å²) >= 11 is 0. The van der Waals surface area contributed by atoms with Crippen molar-refractivity contribution in [2.24, 2.45) is 0 Å². The lowest BCUT2D eigenvalue weighted by molar-refractivity contribution is -0.146. The minimum atomic E-state index is -3.61. The number of carbonyl (C=O) groups is 2. The molecule has 0 aromatic heterocycles. The molecule has 0 radical (unpaired) electrons. The molecule has 0 N–H and O–H groups in total. The zero-order valence-corrected chi connectivity index (χ0v) is 16.5. The third kappa shape index (κ3) is 7.43. The Morgan fingerprint density at radius 1 is 1.15 bits per heavy atom. The van der Waals surface area contributed by atoms with Gasteiger partial charge in [-0.3, -0.25) is 9.59 Å². The molecule has 1 aromatic rings. The smallest absolute Gasteiger partial charge is 0.308 e. The lowest BCUT2D eigenvalue weighted by Gasteiger charge is -2.27. The van der Waals surface area contributed by atoms with E-state index in [1.54, 1.807) is 36.1 Å². The average molecular weight is 385 g/mol. The average Bonchev–Trinajstić information content (AvgIpc) is 2.57. The highest BCUT2D eigenvalue weighted by molar-refractivity contribution is 7.87. The van der Waals surface area contributed by atoms with E-state index in [1.165, 1.54) is 6.92 Å². The van der Waals surface area contributed by atoms with Gasteiger partial charge < -0.3 is 13.8 Å². The maximum Gasteiger partial charge on any atom is 0.308 e. The molecule has 0 atom stereocenters. The summed E-state index contributed by atoms with van der Waals surface area (Å²) in [6.45, 7) is 7.56. The molecule has 1 aromatic carbocycles. The minimum absolute atomic E-state index is 0.0355. The third-order valence-electron chi connectivity index (χ3n) is 3.62. The Kier molecular flexibility index (Phi) is 8.57. The predicted octanol–water partition coefficient (Wildman–Crippen LogP) is 2.50. The van der Waals surface area contributed by atoms with Crippen LogP contribution < -0.4 is 4.18 Å². The fourth-order valence-corrected chi connectivity index (χ4v) is 2.76. The molecule has 0 aliphatic rings. The summed E-state index contributed by atoms with van der Waals surface area (Å²) in [4.78, 5) is 25.5. The quantitative estimate of drug-likeness (QED) is 0.454. The van der Waals surface area contributed by atoms with Crippen molar-refractivity contribution >= 4 is 22.0 Å². The van der Waals surface area contributed by atoms with Gasteiger partial charge in [0.1, 0.15) is 5.75 Å². The van der Waals surface area contributed by atoms with Gasteiger partial charge in [0, 0.05) is 19.0 Å². The number of ether oxygens (including phenoxy) is 1. The molecule has 8 heteroatoms. The monoisotopic (exact) mass is 385 g/mol. The van der Waals surface area contributed by atoms with E-state index >= 15 is 0 Å². The highest BCUT2D eigenvalue weighted by atomic mass is 32.2. The summed E-state index contributed by atoms with van der Waals surface area (Å²) in [5.74, 6) is -0.473. The van der Waals surface area contributed by atoms with Gasteiger partial charge in [-0.1, -0.05) is 12.1 Å². The Morgan fingerprint density at radius 2 is 1.85 bits per heavy atom.